The maximum Gasteiger partial charge on any atom is 0.225 e. The van der Waals surface area contributed by atoms with Crippen LogP contribution in [0.25, 0.3) is 0 Å². The van der Waals surface area contributed by atoms with Gasteiger partial charge in [-0.25, -0.2) is 0 Å². The Balaban J connectivity index is 4.27. The van der Waals surface area contributed by atoms with Gasteiger partial charge in [0.05, 0.1) is 0 Å². The van der Waals surface area contributed by atoms with Gasteiger partial charge < -0.3 is 4.90 Å². The maximum absolute atomic E-state index is 11.7. The number of hydrogen-bond donors (Lipinski definition) is 0. The second-order valence-corrected chi connectivity index (χ2v) is 5.07. The molecule has 0 fully saturated rings. The van der Waals surface area contributed by atoms with Crippen LogP contribution in [0.3, 0.4) is 0 Å². The standard InChI is InChI=1S/C11H23NO/c1-7-12(8-11(4,5)6)10(13)9(2)3/h9H,7-8H2,1-6H3. The second kappa shape index (κ2) is 4.64. The van der Waals surface area contributed by atoms with E-state index in [1.807, 2.05) is 25.7 Å². The van der Waals surface area contributed by atoms with Crippen LogP contribution in [0.2, 0.25) is 0 Å². The van der Waals surface area contributed by atoms with Crippen molar-refractivity contribution in [3.63, 3.8) is 0 Å². The van der Waals surface area contributed by atoms with Crippen LogP contribution in [0.1, 0.15) is 41.5 Å². The Hall–Kier alpha value is -0.530. The lowest BCUT2D eigenvalue weighted by Crippen LogP contribution is -2.39. The summed E-state index contributed by atoms with van der Waals surface area (Å²) in [6.07, 6.45) is 0. The Morgan fingerprint density at radius 2 is 1.77 bits per heavy atom. The lowest BCUT2D eigenvalue weighted by molar-refractivity contribution is -0.135. The predicted octanol–water partition coefficient (Wildman–Crippen LogP) is 2.54. The third-order valence-corrected chi connectivity index (χ3v) is 1.85. The number of carbonyl (C=O) groups excluding carboxylic acids is 1. The molecule has 13 heavy (non-hydrogen) atoms. The minimum Gasteiger partial charge on any atom is -0.342 e. The molecular weight excluding hydrogens is 162 g/mol. The Bertz CT molecular complexity index is 167. The molecule has 0 aliphatic carbocycles. The van der Waals surface area contributed by atoms with Crippen LogP contribution in [0.4, 0.5) is 0 Å². The van der Waals surface area contributed by atoms with Crippen molar-refractivity contribution < 1.29 is 4.79 Å². The lowest BCUT2D eigenvalue weighted by Gasteiger charge is -2.30. The molecule has 2 nitrogen and oxygen atoms in total. The van der Waals surface area contributed by atoms with Crippen LogP contribution < -0.4 is 0 Å². The Morgan fingerprint density at radius 3 is 2.00 bits per heavy atom. The monoisotopic (exact) mass is 185 g/mol. The van der Waals surface area contributed by atoms with E-state index in [4.69, 9.17) is 0 Å². The van der Waals surface area contributed by atoms with Gasteiger partial charge in [0.1, 0.15) is 0 Å². The normalized spacial score (nSPS) is 11.9. The first-order valence-electron chi connectivity index (χ1n) is 5.06. The molecule has 0 N–H and O–H groups in total. The summed E-state index contributed by atoms with van der Waals surface area (Å²) in [6.45, 7) is 14.1. The summed E-state index contributed by atoms with van der Waals surface area (Å²) in [4.78, 5) is 13.6. The van der Waals surface area contributed by atoms with Crippen LogP contribution >= 0.6 is 0 Å². The molecule has 78 valence electrons. The van der Waals surface area contributed by atoms with E-state index in [1.165, 1.54) is 0 Å². The average molecular weight is 185 g/mol. The van der Waals surface area contributed by atoms with Crippen LogP contribution in [-0.4, -0.2) is 23.9 Å². The maximum atomic E-state index is 11.7. The molecule has 0 saturated carbocycles. The zero-order valence-electron chi connectivity index (χ0n) is 9.85. The van der Waals surface area contributed by atoms with Gasteiger partial charge in [0.2, 0.25) is 5.91 Å². The largest absolute Gasteiger partial charge is 0.342 e. The van der Waals surface area contributed by atoms with Crippen molar-refractivity contribution in [2.24, 2.45) is 11.3 Å². The third kappa shape index (κ3) is 4.91. The first kappa shape index (κ1) is 12.5. The summed E-state index contributed by atoms with van der Waals surface area (Å²) in [7, 11) is 0. The predicted molar refractivity (Wildman–Crippen MR) is 56.5 cm³/mol. The Kier molecular flexibility index (Phi) is 4.45. The number of rotatable bonds is 3. The molecule has 0 unspecified atom stereocenters. The molecule has 0 radical (unpaired) electrons. The van der Waals surface area contributed by atoms with Crippen LogP contribution in [-0.2, 0) is 4.79 Å². The molecule has 0 aromatic carbocycles. The van der Waals surface area contributed by atoms with Crippen LogP contribution in [0.15, 0.2) is 0 Å². The van der Waals surface area contributed by atoms with Gasteiger partial charge in [0.15, 0.2) is 0 Å². The molecule has 0 spiro atoms. The zero-order valence-corrected chi connectivity index (χ0v) is 9.85. The fourth-order valence-electron chi connectivity index (χ4n) is 1.28. The number of nitrogens with zero attached hydrogens (tertiary/aromatic N) is 1. The van der Waals surface area contributed by atoms with E-state index in [1.54, 1.807) is 0 Å². The second-order valence-electron chi connectivity index (χ2n) is 5.07. The molecule has 0 rings (SSSR count). The van der Waals surface area contributed by atoms with Gasteiger partial charge in [-0.3, -0.25) is 4.79 Å². The molecule has 2 heteroatoms. The first-order chi connectivity index (χ1) is 5.78. The summed E-state index contributed by atoms with van der Waals surface area (Å²) < 4.78 is 0. The molecule has 0 aliphatic rings. The Labute approximate surface area is 82.3 Å². The quantitative estimate of drug-likeness (QED) is 0.661. The number of carbonyl (C=O) groups is 1. The molecule has 0 aliphatic heterocycles. The van der Waals surface area contributed by atoms with Crippen molar-refractivity contribution in [3.8, 4) is 0 Å². The average Bonchev–Trinajstić information content (AvgIpc) is 1.97. The van der Waals surface area contributed by atoms with Gasteiger partial charge in [-0.2, -0.15) is 0 Å². The summed E-state index contributed by atoms with van der Waals surface area (Å²) in [5.74, 6) is 0.375. The molecule has 0 heterocycles. The van der Waals surface area contributed by atoms with E-state index in [0.717, 1.165) is 13.1 Å². The van der Waals surface area contributed by atoms with Gasteiger partial charge in [-0.1, -0.05) is 34.6 Å². The molecule has 1 amide bonds. The van der Waals surface area contributed by atoms with Crippen molar-refractivity contribution in [1.29, 1.82) is 0 Å². The summed E-state index contributed by atoms with van der Waals surface area (Å²) in [6, 6.07) is 0. The highest BCUT2D eigenvalue weighted by atomic mass is 16.2. The van der Waals surface area contributed by atoms with Gasteiger partial charge >= 0.3 is 0 Å². The first-order valence-corrected chi connectivity index (χ1v) is 5.06. The van der Waals surface area contributed by atoms with Crippen molar-refractivity contribution in [2.75, 3.05) is 13.1 Å². The van der Waals surface area contributed by atoms with Crippen molar-refractivity contribution in [2.45, 2.75) is 41.5 Å². The van der Waals surface area contributed by atoms with E-state index in [2.05, 4.69) is 20.8 Å². The van der Waals surface area contributed by atoms with E-state index in [-0.39, 0.29) is 17.2 Å². The Morgan fingerprint density at radius 1 is 1.31 bits per heavy atom. The van der Waals surface area contributed by atoms with E-state index in [9.17, 15) is 4.79 Å². The zero-order chi connectivity index (χ0) is 10.6. The highest BCUT2D eigenvalue weighted by molar-refractivity contribution is 5.78. The molecule has 0 bridgehead atoms. The minimum atomic E-state index is 0.113. The summed E-state index contributed by atoms with van der Waals surface area (Å²) in [5, 5.41) is 0. The van der Waals surface area contributed by atoms with Gasteiger partial charge in [-0.05, 0) is 12.3 Å². The fourth-order valence-corrected chi connectivity index (χ4v) is 1.28. The molecule has 0 atom stereocenters. The topological polar surface area (TPSA) is 20.3 Å². The molecular formula is C11H23NO. The summed E-state index contributed by atoms with van der Waals surface area (Å²) in [5.41, 5.74) is 0.195. The summed E-state index contributed by atoms with van der Waals surface area (Å²) >= 11 is 0. The smallest absolute Gasteiger partial charge is 0.225 e. The van der Waals surface area contributed by atoms with E-state index >= 15 is 0 Å². The molecule has 0 aromatic heterocycles. The fraction of sp³-hybridized carbons (Fsp3) is 0.909. The van der Waals surface area contributed by atoms with E-state index in [0.29, 0.717) is 0 Å². The number of amides is 1. The third-order valence-electron chi connectivity index (χ3n) is 1.85. The van der Waals surface area contributed by atoms with Crippen molar-refractivity contribution in [3.05, 3.63) is 0 Å². The highest BCUT2D eigenvalue weighted by Gasteiger charge is 2.21. The van der Waals surface area contributed by atoms with Crippen LogP contribution in [0.5, 0.6) is 0 Å². The van der Waals surface area contributed by atoms with E-state index < -0.39 is 0 Å². The lowest BCUT2D eigenvalue weighted by atomic mass is 9.95. The highest BCUT2D eigenvalue weighted by Crippen LogP contribution is 2.16. The van der Waals surface area contributed by atoms with Gasteiger partial charge in [-0.15, -0.1) is 0 Å². The SMILES string of the molecule is CCN(CC(C)(C)C)C(=O)C(C)C. The van der Waals surface area contributed by atoms with Gasteiger partial charge in [0.25, 0.3) is 0 Å². The number of hydrogen-bond acceptors (Lipinski definition) is 1. The molecule has 0 saturated heterocycles. The van der Waals surface area contributed by atoms with Crippen LogP contribution in [0, 0.1) is 11.3 Å². The molecule has 0 aromatic rings. The van der Waals surface area contributed by atoms with Crippen molar-refractivity contribution >= 4 is 5.91 Å². The van der Waals surface area contributed by atoms with Gasteiger partial charge in [0, 0.05) is 19.0 Å². The van der Waals surface area contributed by atoms with Crippen molar-refractivity contribution in [1.82, 2.24) is 4.90 Å². The minimum absolute atomic E-state index is 0.113.